The van der Waals surface area contributed by atoms with Crippen molar-refractivity contribution in [2.24, 2.45) is 5.10 Å². The minimum atomic E-state index is -0.515. The predicted octanol–water partition coefficient (Wildman–Crippen LogP) is 3.97. The predicted molar refractivity (Wildman–Crippen MR) is 102 cm³/mol. The fourth-order valence-corrected chi connectivity index (χ4v) is 3.31. The van der Waals surface area contributed by atoms with Crippen LogP contribution in [0.5, 0.6) is 0 Å². The Balaban J connectivity index is 1.85. The second kappa shape index (κ2) is 7.54. The third kappa shape index (κ3) is 3.84. The number of hydrogen-bond donors (Lipinski definition) is 0. The molecule has 0 saturated carbocycles. The van der Waals surface area contributed by atoms with Crippen LogP contribution in [0.4, 0.5) is 10.1 Å². The zero-order chi connectivity index (χ0) is 18.7. The van der Waals surface area contributed by atoms with Gasteiger partial charge in [0.2, 0.25) is 0 Å². The molecule has 1 aliphatic rings. The Bertz CT molecular complexity index is 958. The largest absolute Gasteiger partial charge is 0.286 e. The lowest BCUT2D eigenvalue weighted by atomic mass is 10.1. The van der Waals surface area contributed by atoms with Gasteiger partial charge >= 0.3 is 0 Å². The van der Waals surface area contributed by atoms with Crippen molar-refractivity contribution >= 4 is 52.2 Å². The molecule has 9 heteroatoms. The van der Waals surface area contributed by atoms with E-state index in [1.165, 1.54) is 42.6 Å². The van der Waals surface area contributed by atoms with Crippen LogP contribution < -0.4 is 0 Å². The highest BCUT2D eigenvalue weighted by Gasteiger charge is 2.32. The van der Waals surface area contributed by atoms with Gasteiger partial charge in [0.15, 0.2) is 4.32 Å². The van der Waals surface area contributed by atoms with E-state index < -0.39 is 10.8 Å². The minimum Gasteiger partial charge on any atom is -0.266 e. The summed E-state index contributed by atoms with van der Waals surface area (Å²) < 4.78 is 13.1. The molecule has 0 bridgehead atoms. The van der Waals surface area contributed by atoms with E-state index in [2.05, 4.69) is 5.10 Å². The van der Waals surface area contributed by atoms with Crippen LogP contribution in [0, 0.1) is 15.9 Å². The van der Waals surface area contributed by atoms with Gasteiger partial charge in [-0.15, -0.1) is 0 Å². The van der Waals surface area contributed by atoms with E-state index in [-0.39, 0.29) is 20.7 Å². The maximum Gasteiger partial charge on any atom is 0.286 e. The first-order valence-electron chi connectivity index (χ1n) is 7.26. The second-order valence-corrected chi connectivity index (χ2v) is 6.78. The lowest BCUT2D eigenvalue weighted by Crippen LogP contribution is -2.22. The van der Waals surface area contributed by atoms with E-state index in [0.717, 1.165) is 16.8 Å². The summed E-state index contributed by atoms with van der Waals surface area (Å²) in [7, 11) is 0. The third-order valence-electron chi connectivity index (χ3n) is 3.39. The Kier molecular flexibility index (Phi) is 5.19. The molecule has 0 unspecified atom stereocenters. The minimum absolute atomic E-state index is 0.104. The summed E-state index contributed by atoms with van der Waals surface area (Å²) in [6.45, 7) is 0. The molecule has 1 heterocycles. The smallest absolute Gasteiger partial charge is 0.266 e. The van der Waals surface area contributed by atoms with Gasteiger partial charge in [-0.1, -0.05) is 36.0 Å². The molecular weight excluding hydrogens is 377 g/mol. The summed E-state index contributed by atoms with van der Waals surface area (Å²) in [5, 5.41) is 16.2. The fourth-order valence-electron chi connectivity index (χ4n) is 2.15. The van der Waals surface area contributed by atoms with Crippen molar-refractivity contribution in [3.05, 3.63) is 80.5 Å². The number of thiocarbonyl (C=S) groups is 1. The van der Waals surface area contributed by atoms with Crippen LogP contribution >= 0.6 is 24.0 Å². The van der Waals surface area contributed by atoms with E-state index in [9.17, 15) is 19.3 Å². The Morgan fingerprint density at radius 2 is 1.88 bits per heavy atom. The summed E-state index contributed by atoms with van der Waals surface area (Å²) in [6, 6.07) is 11.7. The number of benzene rings is 2. The molecule has 0 aromatic heterocycles. The number of hydrazone groups is 1. The molecule has 6 nitrogen and oxygen atoms in total. The van der Waals surface area contributed by atoms with Gasteiger partial charge in [-0.25, -0.2) is 4.39 Å². The van der Waals surface area contributed by atoms with Gasteiger partial charge in [-0.3, -0.25) is 14.9 Å². The summed E-state index contributed by atoms with van der Waals surface area (Å²) in [5.41, 5.74) is 0.802. The zero-order valence-corrected chi connectivity index (χ0v) is 14.7. The van der Waals surface area contributed by atoms with E-state index in [0.29, 0.717) is 11.1 Å². The molecule has 1 fully saturated rings. The van der Waals surface area contributed by atoms with Gasteiger partial charge in [0.05, 0.1) is 21.6 Å². The van der Waals surface area contributed by atoms with Crippen molar-refractivity contribution in [3.63, 3.8) is 0 Å². The molecule has 0 spiro atoms. The van der Waals surface area contributed by atoms with Crippen LogP contribution in [-0.4, -0.2) is 26.4 Å². The van der Waals surface area contributed by atoms with Gasteiger partial charge in [0, 0.05) is 6.07 Å². The number of nitro benzene ring substituents is 1. The van der Waals surface area contributed by atoms with Gasteiger partial charge in [0.25, 0.3) is 11.6 Å². The first kappa shape index (κ1) is 17.9. The monoisotopic (exact) mass is 387 g/mol. The van der Waals surface area contributed by atoms with Crippen LogP contribution in [-0.2, 0) is 4.79 Å². The highest BCUT2D eigenvalue weighted by Crippen LogP contribution is 2.34. The third-order valence-corrected chi connectivity index (χ3v) is 4.67. The molecule has 26 heavy (non-hydrogen) atoms. The number of carbonyl (C=O) groups excluding carboxylic acids is 1. The van der Waals surface area contributed by atoms with Gasteiger partial charge < -0.3 is 0 Å². The molecule has 2 aromatic carbocycles. The first-order valence-corrected chi connectivity index (χ1v) is 8.49. The van der Waals surface area contributed by atoms with Crippen molar-refractivity contribution in [1.29, 1.82) is 0 Å². The quantitative estimate of drug-likeness (QED) is 0.261. The molecule has 0 atom stereocenters. The van der Waals surface area contributed by atoms with Crippen LogP contribution in [0.25, 0.3) is 6.08 Å². The number of nitrogens with zero attached hydrogens (tertiary/aromatic N) is 3. The van der Waals surface area contributed by atoms with Crippen molar-refractivity contribution in [2.75, 3.05) is 0 Å². The molecular formula is C17H10FN3O3S2. The highest BCUT2D eigenvalue weighted by atomic mass is 32.2. The van der Waals surface area contributed by atoms with Crippen LogP contribution in [0.2, 0.25) is 0 Å². The van der Waals surface area contributed by atoms with Crippen LogP contribution in [0.3, 0.4) is 0 Å². The SMILES string of the molecule is O=C1/C(=C\c2ccccc2[N+](=O)[O-])SC(=S)N1/N=C/c1ccc(F)cc1. The summed E-state index contributed by atoms with van der Waals surface area (Å²) in [5.74, 6) is -0.850. The molecule has 1 saturated heterocycles. The Morgan fingerprint density at radius 1 is 1.19 bits per heavy atom. The first-order chi connectivity index (χ1) is 12.5. The number of para-hydroxylation sites is 1. The van der Waals surface area contributed by atoms with E-state index in [1.807, 2.05) is 0 Å². The molecule has 0 radical (unpaired) electrons. The van der Waals surface area contributed by atoms with Crippen molar-refractivity contribution in [2.45, 2.75) is 0 Å². The lowest BCUT2D eigenvalue weighted by Gasteiger charge is -2.06. The summed E-state index contributed by atoms with van der Waals surface area (Å²) >= 11 is 6.16. The zero-order valence-electron chi connectivity index (χ0n) is 13.0. The number of rotatable bonds is 4. The molecule has 0 N–H and O–H groups in total. The average molecular weight is 387 g/mol. The number of thioether (sulfide) groups is 1. The van der Waals surface area contributed by atoms with E-state index >= 15 is 0 Å². The second-order valence-electron chi connectivity index (χ2n) is 5.11. The number of halogens is 1. The fraction of sp³-hybridized carbons (Fsp3) is 0. The number of carbonyl (C=O) groups is 1. The van der Waals surface area contributed by atoms with E-state index in [1.54, 1.807) is 18.2 Å². The molecule has 2 aromatic rings. The van der Waals surface area contributed by atoms with Gasteiger partial charge in [-0.05, 0) is 42.1 Å². The Labute approximate surface area is 157 Å². The molecule has 1 aliphatic heterocycles. The summed E-state index contributed by atoms with van der Waals surface area (Å²) in [4.78, 5) is 23.3. The van der Waals surface area contributed by atoms with Crippen LogP contribution in [0.15, 0.2) is 58.5 Å². The Morgan fingerprint density at radius 3 is 2.58 bits per heavy atom. The lowest BCUT2D eigenvalue weighted by molar-refractivity contribution is -0.385. The van der Waals surface area contributed by atoms with Crippen LogP contribution in [0.1, 0.15) is 11.1 Å². The van der Waals surface area contributed by atoms with Gasteiger partial charge in [0.1, 0.15) is 5.82 Å². The Hall–Kier alpha value is -2.91. The normalized spacial score (nSPS) is 16.0. The molecule has 1 amide bonds. The van der Waals surface area contributed by atoms with Crippen molar-refractivity contribution in [3.8, 4) is 0 Å². The molecule has 0 aliphatic carbocycles. The summed E-state index contributed by atoms with van der Waals surface area (Å²) in [6.07, 6.45) is 2.81. The number of amides is 1. The number of hydrogen-bond acceptors (Lipinski definition) is 6. The maximum absolute atomic E-state index is 12.9. The molecule has 3 rings (SSSR count). The molecule has 130 valence electrons. The topological polar surface area (TPSA) is 75.8 Å². The highest BCUT2D eigenvalue weighted by molar-refractivity contribution is 8.26. The van der Waals surface area contributed by atoms with E-state index in [4.69, 9.17) is 12.2 Å². The number of nitro groups is 1. The van der Waals surface area contributed by atoms with Crippen molar-refractivity contribution < 1.29 is 14.1 Å². The maximum atomic E-state index is 12.9. The standard InChI is InChI=1S/C17H10FN3O3S2/c18-13-7-5-11(6-8-13)10-19-20-16(22)15(26-17(20)25)9-12-3-1-2-4-14(12)21(23)24/h1-10H/b15-9+,19-10+. The van der Waals surface area contributed by atoms with Gasteiger partial charge in [-0.2, -0.15) is 10.1 Å². The average Bonchev–Trinajstić information content (AvgIpc) is 2.88. The van der Waals surface area contributed by atoms with Crippen molar-refractivity contribution in [1.82, 2.24) is 5.01 Å².